The molecule has 0 bridgehead atoms. The summed E-state index contributed by atoms with van der Waals surface area (Å²) in [6.07, 6.45) is 5.02. The van der Waals surface area contributed by atoms with Crippen molar-refractivity contribution in [2.24, 2.45) is 11.3 Å². The highest BCUT2D eigenvalue weighted by Crippen LogP contribution is 2.43. The van der Waals surface area contributed by atoms with E-state index in [1.165, 1.54) is 12.8 Å². The van der Waals surface area contributed by atoms with Crippen molar-refractivity contribution in [3.8, 4) is 0 Å². The summed E-state index contributed by atoms with van der Waals surface area (Å²) in [7, 11) is 3.75. The number of hydrogen-bond acceptors (Lipinski definition) is 3. The van der Waals surface area contributed by atoms with Crippen molar-refractivity contribution < 1.29 is 9.47 Å². The molecule has 0 aliphatic heterocycles. The highest BCUT2D eigenvalue weighted by Gasteiger charge is 2.40. The van der Waals surface area contributed by atoms with Gasteiger partial charge in [-0.25, -0.2) is 0 Å². The number of ether oxygens (including phenoxy) is 2. The minimum atomic E-state index is 0.00838. The molecule has 0 aromatic rings. The fourth-order valence-corrected chi connectivity index (χ4v) is 3.36. The van der Waals surface area contributed by atoms with Gasteiger partial charge in [0.25, 0.3) is 0 Å². The van der Waals surface area contributed by atoms with E-state index in [1.807, 2.05) is 7.05 Å². The first-order chi connectivity index (χ1) is 8.83. The van der Waals surface area contributed by atoms with Gasteiger partial charge < -0.3 is 14.8 Å². The van der Waals surface area contributed by atoms with Gasteiger partial charge >= 0.3 is 0 Å². The lowest BCUT2D eigenvalue weighted by atomic mass is 9.68. The van der Waals surface area contributed by atoms with Crippen molar-refractivity contribution in [3.05, 3.63) is 0 Å². The molecule has 1 atom stereocenters. The first kappa shape index (κ1) is 16.9. The maximum Gasteiger partial charge on any atom is 0.0811 e. The molecule has 0 heterocycles. The molecule has 0 amide bonds. The fourth-order valence-electron chi connectivity index (χ4n) is 3.36. The van der Waals surface area contributed by atoms with Crippen molar-refractivity contribution >= 4 is 0 Å². The van der Waals surface area contributed by atoms with E-state index in [-0.39, 0.29) is 11.7 Å². The lowest BCUT2D eigenvalue weighted by Gasteiger charge is -2.45. The van der Waals surface area contributed by atoms with Crippen LogP contribution in [-0.4, -0.2) is 39.0 Å². The van der Waals surface area contributed by atoms with E-state index in [0.29, 0.717) is 12.0 Å². The molecule has 0 radical (unpaired) electrons. The Hall–Kier alpha value is -0.120. The Balaban J connectivity index is 2.60. The number of nitrogens with one attached hydrogen (secondary N) is 1. The molecular formula is C16H33NO2. The average Bonchev–Trinajstić information content (AvgIpc) is 2.28. The summed E-state index contributed by atoms with van der Waals surface area (Å²) in [6.45, 7) is 10.8. The Morgan fingerprint density at radius 1 is 1.26 bits per heavy atom. The van der Waals surface area contributed by atoms with Gasteiger partial charge in [0.15, 0.2) is 0 Å². The minimum Gasteiger partial charge on any atom is -0.382 e. The van der Waals surface area contributed by atoms with Crippen LogP contribution in [0.3, 0.4) is 0 Å². The van der Waals surface area contributed by atoms with Gasteiger partial charge in [-0.3, -0.25) is 0 Å². The van der Waals surface area contributed by atoms with Crippen molar-refractivity contribution in [1.29, 1.82) is 0 Å². The van der Waals surface area contributed by atoms with Crippen LogP contribution < -0.4 is 5.32 Å². The molecule has 1 unspecified atom stereocenters. The van der Waals surface area contributed by atoms with Crippen LogP contribution in [0.4, 0.5) is 0 Å². The molecule has 1 rings (SSSR count). The van der Waals surface area contributed by atoms with Gasteiger partial charge in [-0.2, -0.15) is 0 Å². The fraction of sp³-hybridized carbons (Fsp3) is 1.00. The summed E-state index contributed by atoms with van der Waals surface area (Å²) < 4.78 is 11.5. The van der Waals surface area contributed by atoms with Gasteiger partial charge in [0, 0.05) is 13.7 Å². The average molecular weight is 271 g/mol. The Morgan fingerprint density at radius 3 is 2.26 bits per heavy atom. The third kappa shape index (κ3) is 5.05. The van der Waals surface area contributed by atoms with Crippen LogP contribution in [0.1, 0.15) is 53.4 Å². The van der Waals surface area contributed by atoms with Crippen molar-refractivity contribution in [2.75, 3.05) is 27.3 Å². The van der Waals surface area contributed by atoms with Crippen molar-refractivity contribution in [1.82, 2.24) is 5.32 Å². The number of methoxy groups -OCH3 is 1. The standard InChI is InChI=1S/C16H33NO2/c1-13(11-18-6)19-16(12-17-5)9-7-14(8-10-16)15(2,3)4/h13-14,17H,7-12H2,1-6H3. The van der Waals surface area contributed by atoms with Gasteiger partial charge in [0.1, 0.15) is 0 Å². The Kier molecular flexibility index (Phi) is 6.28. The van der Waals surface area contributed by atoms with E-state index < -0.39 is 0 Å². The van der Waals surface area contributed by atoms with Gasteiger partial charge in [-0.15, -0.1) is 0 Å². The first-order valence-electron chi connectivity index (χ1n) is 7.64. The molecule has 19 heavy (non-hydrogen) atoms. The maximum absolute atomic E-state index is 6.33. The predicted molar refractivity (Wildman–Crippen MR) is 80.5 cm³/mol. The monoisotopic (exact) mass is 271 g/mol. The first-order valence-corrected chi connectivity index (χ1v) is 7.64. The lowest BCUT2D eigenvalue weighted by molar-refractivity contribution is -0.131. The second-order valence-corrected chi connectivity index (χ2v) is 7.24. The third-order valence-corrected chi connectivity index (χ3v) is 4.47. The summed E-state index contributed by atoms with van der Waals surface area (Å²) >= 11 is 0. The molecule has 3 heteroatoms. The van der Waals surface area contributed by atoms with Gasteiger partial charge in [-0.1, -0.05) is 20.8 Å². The van der Waals surface area contributed by atoms with Crippen LogP contribution in [0.15, 0.2) is 0 Å². The van der Waals surface area contributed by atoms with Gasteiger partial charge in [-0.05, 0) is 51.0 Å². The van der Waals surface area contributed by atoms with E-state index in [2.05, 4.69) is 33.0 Å². The molecule has 1 N–H and O–H groups in total. The quantitative estimate of drug-likeness (QED) is 0.804. The Morgan fingerprint density at radius 2 is 1.84 bits per heavy atom. The van der Waals surface area contributed by atoms with E-state index in [4.69, 9.17) is 9.47 Å². The molecule has 1 aliphatic carbocycles. The largest absolute Gasteiger partial charge is 0.382 e. The van der Waals surface area contributed by atoms with Crippen LogP contribution in [0, 0.1) is 11.3 Å². The molecule has 3 nitrogen and oxygen atoms in total. The minimum absolute atomic E-state index is 0.00838. The van der Waals surface area contributed by atoms with E-state index in [9.17, 15) is 0 Å². The molecular weight excluding hydrogens is 238 g/mol. The Labute approximate surface area is 119 Å². The predicted octanol–water partition coefficient (Wildman–Crippen LogP) is 3.23. The summed E-state index contributed by atoms with van der Waals surface area (Å²) in [5.74, 6) is 0.818. The molecule has 0 aromatic carbocycles. The van der Waals surface area contributed by atoms with Crippen molar-refractivity contribution in [2.45, 2.75) is 65.1 Å². The Bertz CT molecular complexity index is 252. The van der Waals surface area contributed by atoms with Crippen LogP contribution in [0.2, 0.25) is 0 Å². The molecule has 0 spiro atoms. The normalized spacial score (nSPS) is 30.3. The maximum atomic E-state index is 6.33. The summed E-state index contributed by atoms with van der Waals surface area (Å²) in [5.41, 5.74) is 0.429. The van der Waals surface area contributed by atoms with Crippen LogP contribution in [0.25, 0.3) is 0 Å². The van der Waals surface area contributed by atoms with Crippen LogP contribution >= 0.6 is 0 Å². The molecule has 114 valence electrons. The highest BCUT2D eigenvalue weighted by molar-refractivity contribution is 4.92. The van der Waals surface area contributed by atoms with E-state index in [0.717, 1.165) is 25.3 Å². The number of rotatable bonds is 6. The molecule has 1 saturated carbocycles. The second-order valence-electron chi connectivity index (χ2n) is 7.24. The van der Waals surface area contributed by atoms with E-state index in [1.54, 1.807) is 7.11 Å². The van der Waals surface area contributed by atoms with E-state index >= 15 is 0 Å². The summed E-state index contributed by atoms with van der Waals surface area (Å²) in [6, 6.07) is 0. The summed E-state index contributed by atoms with van der Waals surface area (Å²) in [4.78, 5) is 0. The third-order valence-electron chi connectivity index (χ3n) is 4.47. The van der Waals surface area contributed by atoms with Crippen molar-refractivity contribution in [3.63, 3.8) is 0 Å². The zero-order valence-electron chi connectivity index (χ0n) is 13.7. The topological polar surface area (TPSA) is 30.5 Å². The number of likely N-dealkylation sites (N-methyl/N-ethyl adjacent to an activating group) is 1. The summed E-state index contributed by atoms with van der Waals surface area (Å²) in [5, 5.41) is 3.31. The number of hydrogen-bond donors (Lipinski definition) is 1. The highest BCUT2D eigenvalue weighted by atomic mass is 16.5. The lowest BCUT2D eigenvalue weighted by Crippen LogP contribution is -2.48. The zero-order chi connectivity index (χ0) is 14.5. The van der Waals surface area contributed by atoms with Crippen LogP contribution in [0.5, 0.6) is 0 Å². The SMILES string of the molecule is CNCC1(OC(C)COC)CCC(C(C)(C)C)CC1. The van der Waals surface area contributed by atoms with Crippen LogP contribution in [-0.2, 0) is 9.47 Å². The second kappa shape index (κ2) is 7.05. The zero-order valence-corrected chi connectivity index (χ0v) is 13.7. The molecule has 0 aromatic heterocycles. The smallest absolute Gasteiger partial charge is 0.0811 e. The molecule has 0 saturated heterocycles. The van der Waals surface area contributed by atoms with Gasteiger partial charge in [0.2, 0.25) is 0 Å². The van der Waals surface area contributed by atoms with Gasteiger partial charge in [0.05, 0.1) is 18.3 Å². The molecule has 1 aliphatic rings. The molecule has 1 fully saturated rings.